The minimum absolute atomic E-state index is 0. The van der Waals surface area contributed by atoms with E-state index < -0.39 is 0 Å². The van der Waals surface area contributed by atoms with Gasteiger partial charge in [-0.1, -0.05) is 17.3 Å². The number of hydrogen-bond acceptors (Lipinski definition) is 5. The summed E-state index contributed by atoms with van der Waals surface area (Å²) in [5.41, 5.74) is 1.97. The molecule has 0 unspecified atom stereocenters. The highest BCUT2D eigenvalue weighted by Gasteiger charge is 2.20. The molecule has 0 atom stereocenters. The van der Waals surface area contributed by atoms with Crippen LogP contribution < -0.4 is 5.32 Å². The van der Waals surface area contributed by atoms with E-state index in [-0.39, 0.29) is 36.4 Å². The average Bonchev–Trinajstić information content (AvgIpc) is 3.08. The maximum Gasteiger partial charge on any atom is 0.243 e. The molecule has 1 amide bonds. The van der Waals surface area contributed by atoms with Crippen LogP contribution in [-0.4, -0.2) is 85.1 Å². The monoisotopic (exact) mass is 476 g/mol. The second-order valence-electron chi connectivity index (χ2n) is 6.49. The number of piperazine rings is 1. The van der Waals surface area contributed by atoms with Crippen LogP contribution in [0.2, 0.25) is 0 Å². The van der Waals surface area contributed by atoms with Gasteiger partial charge in [0.1, 0.15) is 12.8 Å². The van der Waals surface area contributed by atoms with Gasteiger partial charge in [-0.3, -0.25) is 9.69 Å². The third-order valence-electron chi connectivity index (χ3n) is 3.96. The Morgan fingerprint density at radius 3 is 2.62 bits per heavy atom. The molecule has 146 valence electrons. The number of carbonyl (C=O) groups excluding carboxylic acids is 1. The Bertz CT molecular complexity index is 594. The van der Waals surface area contributed by atoms with Crippen LogP contribution in [-0.2, 0) is 11.3 Å². The fourth-order valence-electron chi connectivity index (χ4n) is 2.45. The Morgan fingerprint density at radius 1 is 1.38 bits per heavy atom. The standard InChI is InChI=1S/C17H28N6O2.HI/c1-14(2)11-18-17(19-12-16(24)21(3)4)23-8-6-22(7-9-23)13-15-5-10-25-20-15;/h5,10H,1,6-9,11-13H2,2-4H3,(H,18,19);1H. The van der Waals surface area contributed by atoms with E-state index in [0.29, 0.717) is 6.54 Å². The lowest BCUT2D eigenvalue weighted by Gasteiger charge is -2.36. The minimum Gasteiger partial charge on any atom is -0.364 e. The van der Waals surface area contributed by atoms with Gasteiger partial charge in [-0.05, 0) is 6.92 Å². The third-order valence-corrected chi connectivity index (χ3v) is 3.96. The van der Waals surface area contributed by atoms with Crippen molar-refractivity contribution in [3.8, 4) is 0 Å². The predicted molar refractivity (Wildman–Crippen MR) is 113 cm³/mol. The Morgan fingerprint density at radius 2 is 2.08 bits per heavy atom. The number of guanidine groups is 1. The number of halogens is 1. The minimum atomic E-state index is -0.0145. The summed E-state index contributed by atoms with van der Waals surface area (Å²) in [6.07, 6.45) is 1.60. The zero-order chi connectivity index (χ0) is 18.2. The van der Waals surface area contributed by atoms with Gasteiger partial charge >= 0.3 is 0 Å². The lowest BCUT2D eigenvalue weighted by Crippen LogP contribution is -2.52. The number of nitrogens with zero attached hydrogens (tertiary/aromatic N) is 5. The highest BCUT2D eigenvalue weighted by atomic mass is 127. The summed E-state index contributed by atoms with van der Waals surface area (Å²) in [6.45, 7) is 11.0. The molecule has 1 aliphatic rings. The molecule has 0 radical (unpaired) electrons. The van der Waals surface area contributed by atoms with Crippen LogP contribution in [0.5, 0.6) is 0 Å². The van der Waals surface area contributed by atoms with Crippen molar-refractivity contribution in [3.63, 3.8) is 0 Å². The summed E-state index contributed by atoms with van der Waals surface area (Å²) >= 11 is 0. The number of likely N-dealkylation sites (N-methyl/N-ethyl adjacent to an activating group) is 1. The van der Waals surface area contributed by atoms with Crippen molar-refractivity contribution in [1.82, 2.24) is 25.2 Å². The zero-order valence-corrected chi connectivity index (χ0v) is 18.1. The quantitative estimate of drug-likeness (QED) is 0.286. The van der Waals surface area contributed by atoms with Crippen molar-refractivity contribution in [2.45, 2.75) is 13.5 Å². The summed E-state index contributed by atoms with van der Waals surface area (Å²) in [4.78, 5) is 22.4. The smallest absolute Gasteiger partial charge is 0.243 e. The first kappa shape index (κ1) is 22.4. The lowest BCUT2D eigenvalue weighted by molar-refractivity contribution is -0.127. The van der Waals surface area contributed by atoms with Crippen LogP contribution in [0.4, 0.5) is 0 Å². The second-order valence-corrected chi connectivity index (χ2v) is 6.49. The lowest BCUT2D eigenvalue weighted by atomic mass is 10.3. The van der Waals surface area contributed by atoms with E-state index >= 15 is 0 Å². The second kappa shape index (κ2) is 11.2. The zero-order valence-electron chi connectivity index (χ0n) is 15.8. The molecule has 2 rings (SSSR count). The van der Waals surface area contributed by atoms with Crippen molar-refractivity contribution in [2.75, 3.05) is 53.4 Å². The Labute approximate surface area is 172 Å². The van der Waals surface area contributed by atoms with Crippen molar-refractivity contribution in [1.29, 1.82) is 0 Å². The molecule has 2 heterocycles. The fraction of sp³-hybridized carbons (Fsp3) is 0.588. The largest absolute Gasteiger partial charge is 0.364 e. The van der Waals surface area contributed by atoms with Crippen molar-refractivity contribution >= 4 is 35.8 Å². The number of amides is 1. The molecular formula is C17H29IN6O2. The Hall–Kier alpha value is -1.62. The van der Waals surface area contributed by atoms with E-state index in [2.05, 4.69) is 31.8 Å². The molecule has 0 bridgehead atoms. The molecule has 0 saturated carbocycles. The molecule has 1 N–H and O–H groups in total. The predicted octanol–water partition coefficient (Wildman–Crippen LogP) is 1.02. The molecule has 0 aromatic carbocycles. The molecule has 9 heteroatoms. The Balaban J connectivity index is 0.00000338. The van der Waals surface area contributed by atoms with Crippen LogP contribution in [0.15, 0.2) is 34.0 Å². The Kier molecular flexibility index (Phi) is 9.63. The number of carbonyl (C=O) groups is 1. The molecule has 1 aliphatic heterocycles. The van der Waals surface area contributed by atoms with Gasteiger partial charge in [0.25, 0.3) is 0 Å². The van der Waals surface area contributed by atoms with E-state index in [1.54, 1.807) is 25.3 Å². The van der Waals surface area contributed by atoms with E-state index in [0.717, 1.165) is 50.0 Å². The van der Waals surface area contributed by atoms with Gasteiger partial charge in [0, 0.05) is 59.4 Å². The van der Waals surface area contributed by atoms with Gasteiger partial charge < -0.3 is 19.6 Å². The van der Waals surface area contributed by atoms with E-state index in [1.165, 1.54) is 0 Å². The molecule has 8 nitrogen and oxygen atoms in total. The van der Waals surface area contributed by atoms with E-state index in [1.807, 2.05) is 13.0 Å². The van der Waals surface area contributed by atoms with Gasteiger partial charge in [0.15, 0.2) is 5.96 Å². The number of rotatable bonds is 6. The van der Waals surface area contributed by atoms with E-state index in [4.69, 9.17) is 4.52 Å². The first-order valence-electron chi connectivity index (χ1n) is 8.45. The van der Waals surface area contributed by atoms with Gasteiger partial charge in [0.2, 0.25) is 5.91 Å². The highest BCUT2D eigenvalue weighted by molar-refractivity contribution is 14.0. The molecule has 1 aromatic heterocycles. The fourth-order valence-corrected chi connectivity index (χ4v) is 2.45. The van der Waals surface area contributed by atoms with Gasteiger partial charge in [0.05, 0.1) is 5.69 Å². The van der Waals surface area contributed by atoms with Gasteiger partial charge in [-0.25, -0.2) is 4.99 Å². The first-order chi connectivity index (χ1) is 12.0. The molecule has 0 aliphatic carbocycles. The maximum atomic E-state index is 11.8. The molecule has 1 aromatic rings. The summed E-state index contributed by atoms with van der Waals surface area (Å²) in [5, 5.41) is 7.26. The van der Waals surface area contributed by atoms with Crippen LogP contribution >= 0.6 is 24.0 Å². The van der Waals surface area contributed by atoms with Crippen LogP contribution in [0.25, 0.3) is 0 Å². The summed E-state index contributed by atoms with van der Waals surface area (Å²) in [5.74, 6) is 0.749. The molecule has 0 spiro atoms. The average molecular weight is 476 g/mol. The molecular weight excluding hydrogens is 447 g/mol. The molecule has 1 fully saturated rings. The van der Waals surface area contributed by atoms with Crippen LogP contribution in [0.3, 0.4) is 0 Å². The first-order valence-corrected chi connectivity index (χ1v) is 8.45. The number of nitrogens with one attached hydrogen (secondary N) is 1. The molecule has 1 saturated heterocycles. The SMILES string of the molecule is C=C(C)CNC(=NCC(=O)N(C)C)N1CCN(Cc2ccon2)CC1.I. The van der Waals surface area contributed by atoms with E-state index in [9.17, 15) is 4.79 Å². The van der Waals surface area contributed by atoms with Crippen molar-refractivity contribution in [2.24, 2.45) is 4.99 Å². The van der Waals surface area contributed by atoms with Crippen LogP contribution in [0, 0.1) is 0 Å². The van der Waals surface area contributed by atoms with Crippen molar-refractivity contribution in [3.05, 3.63) is 30.2 Å². The molecule has 26 heavy (non-hydrogen) atoms. The van der Waals surface area contributed by atoms with Crippen LogP contribution in [0.1, 0.15) is 12.6 Å². The summed E-state index contributed by atoms with van der Waals surface area (Å²) < 4.78 is 4.88. The number of hydrogen-bond donors (Lipinski definition) is 1. The maximum absolute atomic E-state index is 11.8. The summed E-state index contributed by atoms with van der Waals surface area (Å²) in [6, 6.07) is 1.89. The third kappa shape index (κ3) is 7.32. The van der Waals surface area contributed by atoms with Gasteiger partial charge in [-0.2, -0.15) is 0 Å². The number of aromatic nitrogens is 1. The summed E-state index contributed by atoms with van der Waals surface area (Å²) in [7, 11) is 3.48. The topological polar surface area (TPSA) is 77.2 Å². The number of aliphatic imine (C=N–C) groups is 1. The van der Waals surface area contributed by atoms with Crippen molar-refractivity contribution < 1.29 is 9.32 Å². The highest BCUT2D eigenvalue weighted by Crippen LogP contribution is 2.07. The normalized spacial score (nSPS) is 15.3. The van der Waals surface area contributed by atoms with Gasteiger partial charge in [-0.15, -0.1) is 24.0 Å².